The Kier molecular flexibility index (Phi) is 7.27. The summed E-state index contributed by atoms with van der Waals surface area (Å²) in [4.78, 5) is 23.7. The first-order chi connectivity index (χ1) is 15.2. The molecule has 3 N–H and O–H groups in total. The van der Waals surface area contributed by atoms with Crippen LogP contribution in [-0.2, 0) is 6.42 Å². The summed E-state index contributed by atoms with van der Waals surface area (Å²) in [5.74, 6) is -1.57. The number of urea groups is 1. The molecular weight excluding hydrogens is 425 g/mol. The molecule has 0 aromatic heterocycles. The van der Waals surface area contributed by atoms with Crippen LogP contribution in [0, 0.1) is 0 Å². The highest BCUT2D eigenvalue weighted by atomic mass is 19.4. The second kappa shape index (κ2) is 9.93. The molecule has 6 nitrogen and oxygen atoms in total. The molecule has 172 valence electrons. The van der Waals surface area contributed by atoms with E-state index >= 15 is 0 Å². The molecule has 1 saturated carbocycles. The summed E-state index contributed by atoms with van der Waals surface area (Å²) in [5.41, 5.74) is 1.37. The number of halogens is 3. The zero-order valence-electron chi connectivity index (χ0n) is 17.6. The van der Waals surface area contributed by atoms with Gasteiger partial charge in [0.2, 0.25) is 0 Å². The van der Waals surface area contributed by atoms with Gasteiger partial charge in [-0.3, -0.25) is 0 Å². The van der Waals surface area contributed by atoms with Crippen LogP contribution in [-0.4, -0.2) is 29.5 Å². The van der Waals surface area contributed by atoms with Crippen molar-refractivity contribution in [2.75, 3.05) is 5.32 Å². The van der Waals surface area contributed by atoms with Crippen molar-refractivity contribution in [3.63, 3.8) is 0 Å². The Bertz CT molecular complexity index is 986. The fourth-order valence-electron chi connectivity index (χ4n) is 3.91. The number of hydrogen-bond acceptors (Lipinski definition) is 3. The number of hydrogen-bond donors (Lipinski definition) is 3. The maximum atomic E-state index is 13.0. The van der Waals surface area contributed by atoms with Crippen molar-refractivity contribution in [2.45, 2.75) is 57.9 Å². The van der Waals surface area contributed by atoms with Crippen LogP contribution in [0.2, 0.25) is 0 Å². The Balaban J connectivity index is 1.93. The van der Waals surface area contributed by atoms with Crippen molar-refractivity contribution in [3.05, 3.63) is 47.5 Å². The summed E-state index contributed by atoms with van der Waals surface area (Å²) in [5, 5.41) is 14.8. The Morgan fingerprint density at radius 1 is 1.06 bits per heavy atom. The van der Waals surface area contributed by atoms with Gasteiger partial charge in [-0.2, -0.15) is 0 Å². The first-order valence-corrected chi connectivity index (χ1v) is 10.5. The van der Waals surface area contributed by atoms with E-state index in [9.17, 15) is 27.9 Å². The number of carboxylic acids is 1. The van der Waals surface area contributed by atoms with E-state index in [2.05, 4.69) is 15.4 Å². The Morgan fingerprint density at radius 2 is 1.78 bits per heavy atom. The number of carboxylic acid groups (broad SMARTS) is 1. The van der Waals surface area contributed by atoms with Crippen LogP contribution in [0.3, 0.4) is 0 Å². The predicted molar refractivity (Wildman–Crippen MR) is 114 cm³/mol. The van der Waals surface area contributed by atoms with Gasteiger partial charge < -0.3 is 20.5 Å². The molecule has 0 saturated heterocycles. The van der Waals surface area contributed by atoms with Gasteiger partial charge in [0, 0.05) is 17.3 Å². The zero-order valence-corrected chi connectivity index (χ0v) is 17.6. The minimum atomic E-state index is -4.91. The second-order valence-electron chi connectivity index (χ2n) is 7.72. The van der Waals surface area contributed by atoms with Gasteiger partial charge in [-0.05, 0) is 60.7 Å². The van der Waals surface area contributed by atoms with Gasteiger partial charge >= 0.3 is 18.4 Å². The van der Waals surface area contributed by atoms with E-state index in [0.29, 0.717) is 23.2 Å². The first kappa shape index (κ1) is 23.4. The summed E-state index contributed by atoms with van der Waals surface area (Å²) in [7, 11) is 0. The summed E-state index contributed by atoms with van der Waals surface area (Å²) < 4.78 is 43.1. The molecule has 2 aromatic carbocycles. The smallest absolute Gasteiger partial charge is 0.478 e. The van der Waals surface area contributed by atoms with Gasteiger partial charge in [0.15, 0.2) is 0 Å². The van der Waals surface area contributed by atoms with Crippen LogP contribution >= 0.6 is 0 Å². The molecule has 2 aromatic rings. The quantitative estimate of drug-likeness (QED) is 0.506. The van der Waals surface area contributed by atoms with Crippen LogP contribution in [0.15, 0.2) is 36.4 Å². The monoisotopic (exact) mass is 450 g/mol. The Labute approximate surface area is 183 Å². The minimum absolute atomic E-state index is 0.0324. The van der Waals surface area contributed by atoms with Gasteiger partial charge in [0.05, 0.1) is 5.56 Å². The number of nitrogens with one attached hydrogen (secondary N) is 2. The van der Waals surface area contributed by atoms with Crippen molar-refractivity contribution in [3.8, 4) is 16.9 Å². The number of aromatic carboxylic acids is 1. The van der Waals surface area contributed by atoms with Crippen LogP contribution in [0.1, 0.15) is 54.9 Å². The molecule has 9 heteroatoms. The van der Waals surface area contributed by atoms with E-state index < -0.39 is 24.1 Å². The standard InChI is InChI=1S/C23H25F3N2O4/c1-2-14-12-15(21(29)30)8-10-18(14)19-13-17(9-11-20(19)32-23(24,25)26)28-22(31)27-16-6-4-3-5-7-16/h8-13,16H,2-7H2,1H3,(H,29,30)(H2,27,28,31). The highest BCUT2D eigenvalue weighted by Gasteiger charge is 2.32. The SMILES string of the molecule is CCc1cc(C(=O)O)ccc1-c1cc(NC(=O)NC2CCCCC2)ccc1OC(F)(F)F. The minimum Gasteiger partial charge on any atom is -0.478 e. The van der Waals surface area contributed by atoms with Crippen LogP contribution in [0.4, 0.5) is 23.7 Å². The van der Waals surface area contributed by atoms with Gasteiger partial charge in [-0.1, -0.05) is 32.3 Å². The van der Waals surface area contributed by atoms with E-state index in [-0.39, 0.29) is 17.2 Å². The lowest BCUT2D eigenvalue weighted by atomic mass is 9.95. The average molecular weight is 450 g/mol. The zero-order chi connectivity index (χ0) is 23.3. The third-order valence-electron chi connectivity index (χ3n) is 5.43. The number of benzene rings is 2. The number of carbonyl (C=O) groups excluding carboxylic acids is 1. The predicted octanol–water partition coefficient (Wildman–Crippen LogP) is 5.97. The van der Waals surface area contributed by atoms with Crippen molar-refractivity contribution in [1.29, 1.82) is 0 Å². The molecule has 0 aliphatic heterocycles. The largest absolute Gasteiger partial charge is 0.573 e. The highest BCUT2D eigenvalue weighted by molar-refractivity contribution is 5.92. The summed E-state index contributed by atoms with van der Waals surface area (Å²) in [6, 6.07) is 7.72. The van der Waals surface area contributed by atoms with Crippen LogP contribution in [0.5, 0.6) is 5.75 Å². The number of carbonyl (C=O) groups is 2. The van der Waals surface area contributed by atoms with Crippen molar-refractivity contribution in [2.24, 2.45) is 0 Å². The topological polar surface area (TPSA) is 87.7 Å². The molecule has 0 unspecified atom stereocenters. The molecular formula is C23H25F3N2O4. The van der Waals surface area contributed by atoms with E-state index in [1.807, 2.05) is 0 Å². The number of amides is 2. The average Bonchev–Trinajstić information content (AvgIpc) is 2.74. The molecule has 3 rings (SSSR count). The van der Waals surface area contributed by atoms with Gasteiger partial charge in [-0.15, -0.1) is 13.2 Å². The Hall–Kier alpha value is -3.23. The van der Waals surface area contributed by atoms with Crippen LogP contribution < -0.4 is 15.4 Å². The molecule has 0 spiro atoms. The molecule has 0 bridgehead atoms. The molecule has 1 fully saturated rings. The first-order valence-electron chi connectivity index (χ1n) is 10.5. The number of anilines is 1. The molecule has 0 heterocycles. The second-order valence-corrected chi connectivity index (χ2v) is 7.72. The molecule has 0 atom stereocenters. The molecule has 1 aliphatic rings. The number of ether oxygens (including phenoxy) is 1. The lowest BCUT2D eigenvalue weighted by Crippen LogP contribution is -2.39. The Morgan fingerprint density at radius 3 is 2.41 bits per heavy atom. The summed E-state index contributed by atoms with van der Waals surface area (Å²) in [6.45, 7) is 1.77. The van der Waals surface area contributed by atoms with E-state index in [4.69, 9.17) is 0 Å². The molecule has 1 aliphatic carbocycles. The number of rotatable bonds is 6. The lowest BCUT2D eigenvalue weighted by molar-refractivity contribution is -0.274. The third kappa shape index (κ3) is 6.15. The van der Waals surface area contributed by atoms with E-state index in [0.717, 1.165) is 38.2 Å². The van der Waals surface area contributed by atoms with Gasteiger partial charge in [0.1, 0.15) is 5.75 Å². The fourth-order valence-corrected chi connectivity index (χ4v) is 3.91. The normalized spacial score (nSPS) is 14.6. The van der Waals surface area contributed by atoms with Crippen molar-refractivity contribution < 1.29 is 32.6 Å². The molecule has 32 heavy (non-hydrogen) atoms. The van der Waals surface area contributed by atoms with Gasteiger partial charge in [0.25, 0.3) is 0 Å². The number of alkyl halides is 3. The fraction of sp³-hybridized carbons (Fsp3) is 0.391. The summed E-state index contributed by atoms with van der Waals surface area (Å²) >= 11 is 0. The lowest BCUT2D eigenvalue weighted by Gasteiger charge is -2.23. The maximum Gasteiger partial charge on any atom is 0.573 e. The summed E-state index contributed by atoms with van der Waals surface area (Å²) in [6.07, 6.45) is 0.510. The molecule has 2 amide bonds. The molecule has 0 radical (unpaired) electrons. The number of aryl methyl sites for hydroxylation is 1. The third-order valence-corrected chi connectivity index (χ3v) is 5.43. The maximum absolute atomic E-state index is 13.0. The van der Waals surface area contributed by atoms with E-state index in [1.54, 1.807) is 6.92 Å². The van der Waals surface area contributed by atoms with Crippen LogP contribution in [0.25, 0.3) is 11.1 Å². The van der Waals surface area contributed by atoms with Crippen molar-refractivity contribution in [1.82, 2.24) is 5.32 Å². The van der Waals surface area contributed by atoms with E-state index in [1.165, 1.54) is 30.3 Å². The van der Waals surface area contributed by atoms with Crippen molar-refractivity contribution >= 4 is 17.7 Å². The highest BCUT2D eigenvalue weighted by Crippen LogP contribution is 2.38. The van der Waals surface area contributed by atoms with Gasteiger partial charge in [-0.25, -0.2) is 9.59 Å².